The summed E-state index contributed by atoms with van der Waals surface area (Å²) in [5, 5.41) is 6.79. The molecule has 16 heavy (non-hydrogen) atoms. The molecule has 2 heterocycles. The van der Waals surface area contributed by atoms with E-state index in [1.165, 1.54) is 12.8 Å². The lowest BCUT2D eigenvalue weighted by atomic mass is 9.98. The monoisotopic (exact) mass is 220 g/mol. The van der Waals surface area contributed by atoms with Gasteiger partial charge in [-0.15, -0.1) is 0 Å². The summed E-state index contributed by atoms with van der Waals surface area (Å²) in [6.45, 7) is 7.26. The van der Waals surface area contributed by atoms with Crippen LogP contribution in [0.2, 0.25) is 0 Å². The number of hydrogen-bond donors (Lipinski definition) is 2. The van der Waals surface area contributed by atoms with Crippen molar-refractivity contribution in [2.75, 3.05) is 25.0 Å². The Morgan fingerprint density at radius 1 is 1.31 bits per heavy atom. The predicted molar refractivity (Wildman–Crippen MR) is 65.6 cm³/mol. The van der Waals surface area contributed by atoms with Crippen molar-refractivity contribution in [2.45, 2.75) is 26.7 Å². The summed E-state index contributed by atoms with van der Waals surface area (Å²) in [5.41, 5.74) is 1.03. The summed E-state index contributed by atoms with van der Waals surface area (Å²) in [6.07, 6.45) is 2.52. The van der Waals surface area contributed by atoms with Gasteiger partial charge in [-0.2, -0.15) is 0 Å². The Morgan fingerprint density at radius 2 is 2.06 bits per heavy atom. The maximum Gasteiger partial charge on any atom is 0.129 e. The molecule has 1 fully saturated rings. The molecule has 2 N–H and O–H groups in total. The topological polar surface area (TPSA) is 49.8 Å². The maximum atomic E-state index is 4.38. The molecule has 1 aromatic heterocycles. The molecule has 4 heteroatoms. The van der Waals surface area contributed by atoms with Gasteiger partial charge in [-0.3, -0.25) is 0 Å². The van der Waals surface area contributed by atoms with Crippen molar-refractivity contribution in [3.05, 3.63) is 17.6 Å². The van der Waals surface area contributed by atoms with Crippen molar-refractivity contribution < 1.29 is 0 Å². The Kier molecular flexibility index (Phi) is 3.72. The summed E-state index contributed by atoms with van der Waals surface area (Å²) in [4.78, 5) is 8.65. The van der Waals surface area contributed by atoms with E-state index >= 15 is 0 Å². The molecule has 0 aromatic carbocycles. The number of hydrogen-bond acceptors (Lipinski definition) is 4. The first-order valence-corrected chi connectivity index (χ1v) is 6.01. The van der Waals surface area contributed by atoms with Crippen LogP contribution in [-0.4, -0.2) is 29.6 Å². The lowest BCUT2D eigenvalue weighted by Crippen LogP contribution is -2.31. The largest absolute Gasteiger partial charge is 0.370 e. The average molecular weight is 220 g/mol. The van der Waals surface area contributed by atoms with Crippen LogP contribution in [0.15, 0.2) is 6.07 Å². The third-order valence-corrected chi connectivity index (χ3v) is 3.00. The van der Waals surface area contributed by atoms with E-state index in [4.69, 9.17) is 0 Å². The second-order valence-corrected chi connectivity index (χ2v) is 4.52. The molecular formula is C12H20N4. The molecule has 0 aliphatic carbocycles. The minimum absolute atomic E-state index is 0.775. The average Bonchev–Trinajstić information content (AvgIpc) is 2.27. The Balaban J connectivity index is 1.88. The smallest absolute Gasteiger partial charge is 0.129 e. The van der Waals surface area contributed by atoms with Crippen LogP contribution in [0.3, 0.4) is 0 Å². The van der Waals surface area contributed by atoms with Crippen molar-refractivity contribution in [3.8, 4) is 0 Å². The van der Waals surface area contributed by atoms with Gasteiger partial charge in [-0.05, 0) is 45.7 Å². The first kappa shape index (κ1) is 11.3. The number of aromatic nitrogens is 2. The van der Waals surface area contributed by atoms with Gasteiger partial charge in [0.05, 0.1) is 0 Å². The van der Waals surface area contributed by atoms with Gasteiger partial charge in [-0.25, -0.2) is 9.97 Å². The standard InChI is InChI=1S/C12H20N4/c1-9-7-12(16-10(2)15-9)14-8-11-3-5-13-6-4-11/h7,11,13H,3-6,8H2,1-2H3,(H,14,15,16). The number of rotatable bonds is 3. The van der Waals surface area contributed by atoms with Crippen molar-refractivity contribution in [1.29, 1.82) is 0 Å². The molecule has 0 saturated carbocycles. The molecule has 4 nitrogen and oxygen atoms in total. The minimum Gasteiger partial charge on any atom is -0.370 e. The molecule has 1 saturated heterocycles. The number of anilines is 1. The first-order chi connectivity index (χ1) is 7.74. The molecule has 0 atom stereocenters. The highest BCUT2D eigenvalue weighted by molar-refractivity contribution is 5.35. The van der Waals surface area contributed by atoms with E-state index in [-0.39, 0.29) is 0 Å². The van der Waals surface area contributed by atoms with Crippen molar-refractivity contribution >= 4 is 5.82 Å². The third kappa shape index (κ3) is 3.17. The predicted octanol–water partition coefficient (Wildman–Crippen LogP) is 1.50. The highest BCUT2D eigenvalue weighted by Crippen LogP contribution is 2.13. The quantitative estimate of drug-likeness (QED) is 0.810. The van der Waals surface area contributed by atoms with E-state index in [1.807, 2.05) is 19.9 Å². The van der Waals surface area contributed by atoms with E-state index in [0.29, 0.717) is 0 Å². The number of piperidine rings is 1. The zero-order chi connectivity index (χ0) is 11.4. The molecule has 1 aromatic rings. The number of nitrogens with zero attached hydrogens (tertiary/aromatic N) is 2. The van der Waals surface area contributed by atoms with E-state index in [0.717, 1.165) is 42.9 Å². The number of aryl methyl sites for hydroxylation is 2. The second-order valence-electron chi connectivity index (χ2n) is 4.52. The molecule has 1 aliphatic heterocycles. The molecule has 0 bridgehead atoms. The van der Waals surface area contributed by atoms with Crippen LogP contribution in [0.5, 0.6) is 0 Å². The fourth-order valence-corrected chi connectivity index (χ4v) is 2.14. The van der Waals surface area contributed by atoms with Crippen LogP contribution in [0.4, 0.5) is 5.82 Å². The summed E-state index contributed by atoms with van der Waals surface area (Å²) >= 11 is 0. The molecule has 0 radical (unpaired) electrons. The molecule has 2 rings (SSSR count). The van der Waals surface area contributed by atoms with E-state index in [9.17, 15) is 0 Å². The van der Waals surface area contributed by atoms with Gasteiger partial charge >= 0.3 is 0 Å². The highest BCUT2D eigenvalue weighted by Gasteiger charge is 2.12. The van der Waals surface area contributed by atoms with Gasteiger partial charge in [0.15, 0.2) is 0 Å². The van der Waals surface area contributed by atoms with Gasteiger partial charge in [0, 0.05) is 18.3 Å². The second kappa shape index (κ2) is 5.25. The van der Waals surface area contributed by atoms with Crippen LogP contribution in [0, 0.1) is 19.8 Å². The van der Waals surface area contributed by atoms with Crippen molar-refractivity contribution in [1.82, 2.24) is 15.3 Å². The summed E-state index contributed by atoms with van der Waals surface area (Å²) in [6, 6.07) is 2.01. The number of nitrogens with one attached hydrogen (secondary N) is 2. The fraction of sp³-hybridized carbons (Fsp3) is 0.667. The van der Waals surface area contributed by atoms with E-state index < -0.39 is 0 Å². The van der Waals surface area contributed by atoms with Gasteiger partial charge in [0.25, 0.3) is 0 Å². The zero-order valence-electron chi connectivity index (χ0n) is 10.1. The molecule has 0 amide bonds. The van der Waals surface area contributed by atoms with Crippen LogP contribution in [0.25, 0.3) is 0 Å². The summed E-state index contributed by atoms with van der Waals surface area (Å²) < 4.78 is 0. The molecular weight excluding hydrogens is 200 g/mol. The molecule has 0 spiro atoms. The van der Waals surface area contributed by atoms with Gasteiger partial charge < -0.3 is 10.6 Å². The van der Waals surface area contributed by atoms with Gasteiger partial charge in [0.2, 0.25) is 0 Å². The molecule has 88 valence electrons. The van der Waals surface area contributed by atoms with Crippen molar-refractivity contribution in [3.63, 3.8) is 0 Å². The SMILES string of the molecule is Cc1cc(NCC2CCNCC2)nc(C)n1. The third-order valence-electron chi connectivity index (χ3n) is 3.00. The lowest BCUT2D eigenvalue weighted by Gasteiger charge is -2.23. The summed E-state index contributed by atoms with van der Waals surface area (Å²) in [7, 11) is 0. The molecule has 0 unspecified atom stereocenters. The first-order valence-electron chi connectivity index (χ1n) is 6.01. The zero-order valence-corrected chi connectivity index (χ0v) is 10.1. The van der Waals surface area contributed by atoms with Crippen LogP contribution in [-0.2, 0) is 0 Å². The minimum atomic E-state index is 0.775. The van der Waals surface area contributed by atoms with Crippen LogP contribution in [0.1, 0.15) is 24.4 Å². The normalized spacial score (nSPS) is 17.4. The fourth-order valence-electron chi connectivity index (χ4n) is 2.14. The Hall–Kier alpha value is -1.16. The van der Waals surface area contributed by atoms with Crippen molar-refractivity contribution in [2.24, 2.45) is 5.92 Å². The molecule has 1 aliphatic rings. The van der Waals surface area contributed by atoms with Gasteiger partial charge in [0.1, 0.15) is 11.6 Å². The Morgan fingerprint density at radius 3 is 2.75 bits per heavy atom. The van der Waals surface area contributed by atoms with Gasteiger partial charge in [-0.1, -0.05) is 0 Å². The maximum absolute atomic E-state index is 4.38. The Labute approximate surface area is 96.9 Å². The summed E-state index contributed by atoms with van der Waals surface area (Å²) in [5.74, 6) is 2.58. The Bertz CT molecular complexity index is 325. The van der Waals surface area contributed by atoms with Crippen LogP contribution < -0.4 is 10.6 Å². The highest BCUT2D eigenvalue weighted by atomic mass is 15.0. The van der Waals surface area contributed by atoms with E-state index in [1.54, 1.807) is 0 Å². The van der Waals surface area contributed by atoms with Crippen LogP contribution >= 0.6 is 0 Å². The lowest BCUT2D eigenvalue weighted by molar-refractivity contribution is 0.389. The van der Waals surface area contributed by atoms with E-state index in [2.05, 4.69) is 20.6 Å².